The Morgan fingerprint density at radius 2 is 1.71 bits per heavy atom. The fourth-order valence-electron chi connectivity index (χ4n) is 4.39. The van der Waals surface area contributed by atoms with Crippen LogP contribution in [0.1, 0.15) is 47.3 Å². The van der Waals surface area contributed by atoms with Gasteiger partial charge in [-0.15, -0.1) is 0 Å². The molecule has 5 nitrogen and oxygen atoms in total. The van der Waals surface area contributed by atoms with Crippen LogP contribution in [0.4, 0.5) is 23.4 Å². The first kappa shape index (κ1) is 24.6. The van der Waals surface area contributed by atoms with Crippen LogP contribution in [0.2, 0.25) is 0 Å². The number of aromatic nitrogens is 2. The van der Waals surface area contributed by atoms with Crippen molar-refractivity contribution < 1.29 is 22.4 Å². The molecule has 1 aliphatic heterocycles. The number of anilines is 1. The van der Waals surface area contributed by atoms with Gasteiger partial charge < -0.3 is 10.6 Å². The zero-order valence-electron chi connectivity index (χ0n) is 19.2. The highest BCUT2D eigenvalue weighted by Crippen LogP contribution is 2.39. The summed E-state index contributed by atoms with van der Waals surface area (Å²) in [6.07, 6.45) is 1.12. The summed E-state index contributed by atoms with van der Waals surface area (Å²) in [7, 11) is 0. The molecule has 1 amide bonds. The number of amides is 1. The summed E-state index contributed by atoms with van der Waals surface area (Å²) in [5, 5.41) is 0. The molecule has 2 aromatic carbocycles. The maximum Gasteiger partial charge on any atom is 0.270 e. The van der Waals surface area contributed by atoms with Gasteiger partial charge in [0.2, 0.25) is 5.91 Å². The van der Waals surface area contributed by atoms with Gasteiger partial charge >= 0.3 is 0 Å². The van der Waals surface area contributed by atoms with Gasteiger partial charge in [0.05, 0.1) is 24.7 Å². The Bertz CT molecular complexity index is 1180. The minimum Gasteiger partial charge on any atom is -0.369 e. The highest BCUT2D eigenvalue weighted by atomic mass is 19.3. The molecular formula is C26H26F4N4O. The topological polar surface area (TPSA) is 72.1 Å². The van der Waals surface area contributed by atoms with Crippen LogP contribution in [0.25, 0.3) is 0 Å². The van der Waals surface area contributed by atoms with E-state index in [1.165, 1.54) is 30.6 Å². The molecule has 0 saturated carbocycles. The van der Waals surface area contributed by atoms with Gasteiger partial charge in [-0.2, -0.15) is 0 Å². The van der Waals surface area contributed by atoms with E-state index in [9.17, 15) is 18.0 Å². The number of aryl methyl sites for hydroxylation is 2. The minimum atomic E-state index is -2.98. The van der Waals surface area contributed by atoms with Crippen LogP contribution in [0.15, 0.2) is 54.9 Å². The van der Waals surface area contributed by atoms with Crippen LogP contribution in [0.3, 0.4) is 0 Å². The molecule has 1 fully saturated rings. The van der Waals surface area contributed by atoms with Gasteiger partial charge in [0.1, 0.15) is 12.5 Å². The molecule has 1 aromatic heterocycles. The second kappa shape index (κ2) is 10.0. The number of halogens is 4. The van der Waals surface area contributed by atoms with Crippen LogP contribution in [-0.4, -0.2) is 28.6 Å². The number of hydrogen-bond acceptors (Lipinski definition) is 4. The smallest absolute Gasteiger partial charge is 0.270 e. The SMILES string of the molecule is CC(F)(F)c1ccc(C2CC(F)CN2c2ncnc(CCc3ccc(CC(N)=O)cc3)c2F)cc1. The number of rotatable bonds is 8. The van der Waals surface area contributed by atoms with Crippen molar-refractivity contribution in [2.24, 2.45) is 5.73 Å². The van der Waals surface area contributed by atoms with Crippen LogP contribution >= 0.6 is 0 Å². The monoisotopic (exact) mass is 486 g/mol. The van der Waals surface area contributed by atoms with E-state index in [4.69, 9.17) is 5.73 Å². The molecule has 1 aliphatic rings. The number of nitrogens with zero attached hydrogens (tertiary/aromatic N) is 3. The Morgan fingerprint density at radius 1 is 1.06 bits per heavy atom. The summed E-state index contributed by atoms with van der Waals surface area (Å²) in [6, 6.07) is 12.5. The van der Waals surface area contributed by atoms with Crippen molar-refractivity contribution >= 4 is 11.7 Å². The Morgan fingerprint density at radius 3 is 2.34 bits per heavy atom. The first-order valence-corrected chi connectivity index (χ1v) is 11.4. The molecule has 9 heteroatoms. The first-order chi connectivity index (χ1) is 16.6. The highest BCUT2D eigenvalue weighted by Gasteiger charge is 2.36. The van der Waals surface area contributed by atoms with Crippen molar-refractivity contribution in [3.63, 3.8) is 0 Å². The predicted octanol–water partition coefficient (Wildman–Crippen LogP) is 4.83. The van der Waals surface area contributed by atoms with E-state index in [1.54, 1.807) is 17.0 Å². The van der Waals surface area contributed by atoms with E-state index < -0.39 is 29.9 Å². The summed E-state index contributed by atoms with van der Waals surface area (Å²) >= 11 is 0. The van der Waals surface area contributed by atoms with E-state index in [2.05, 4.69) is 9.97 Å². The molecule has 2 heterocycles. The molecule has 4 rings (SSSR count). The van der Waals surface area contributed by atoms with Crippen molar-refractivity contribution in [3.8, 4) is 0 Å². The van der Waals surface area contributed by atoms with Gasteiger partial charge in [0.15, 0.2) is 11.6 Å². The number of hydrogen-bond donors (Lipinski definition) is 1. The van der Waals surface area contributed by atoms with Gasteiger partial charge in [-0.05, 0) is 29.5 Å². The lowest BCUT2D eigenvalue weighted by atomic mass is 10.0. The molecule has 184 valence electrons. The van der Waals surface area contributed by atoms with Crippen molar-refractivity contribution in [3.05, 3.63) is 88.6 Å². The number of carbonyl (C=O) groups is 1. The average molecular weight is 487 g/mol. The number of alkyl halides is 3. The third-order valence-electron chi connectivity index (χ3n) is 6.22. The van der Waals surface area contributed by atoms with Crippen LogP contribution in [0, 0.1) is 5.82 Å². The maximum absolute atomic E-state index is 15.4. The number of benzene rings is 2. The molecule has 2 N–H and O–H groups in total. The molecule has 0 spiro atoms. The minimum absolute atomic E-state index is 0.00172. The largest absolute Gasteiger partial charge is 0.369 e. The molecule has 2 atom stereocenters. The predicted molar refractivity (Wildman–Crippen MR) is 124 cm³/mol. The maximum atomic E-state index is 15.4. The molecule has 2 unspecified atom stereocenters. The quantitative estimate of drug-likeness (QED) is 0.463. The fourth-order valence-corrected chi connectivity index (χ4v) is 4.39. The van der Waals surface area contributed by atoms with E-state index in [0.717, 1.165) is 18.1 Å². The molecule has 1 saturated heterocycles. The zero-order chi connectivity index (χ0) is 25.2. The molecule has 3 aromatic rings. The lowest BCUT2D eigenvalue weighted by Crippen LogP contribution is -2.26. The van der Waals surface area contributed by atoms with Gasteiger partial charge in [-0.1, -0.05) is 48.5 Å². The molecule has 0 radical (unpaired) electrons. The van der Waals surface area contributed by atoms with Crippen molar-refractivity contribution in [1.82, 2.24) is 9.97 Å². The molecular weight excluding hydrogens is 460 g/mol. The number of nitrogens with two attached hydrogens (primary N) is 1. The fraction of sp³-hybridized carbons (Fsp3) is 0.346. The summed E-state index contributed by atoms with van der Waals surface area (Å²) < 4.78 is 57.0. The van der Waals surface area contributed by atoms with E-state index in [0.29, 0.717) is 18.4 Å². The molecule has 0 bridgehead atoms. The van der Waals surface area contributed by atoms with Gasteiger partial charge in [-0.25, -0.2) is 27.5 Å². The summed E-state index contributed by atoms with van der Waals surface area (Å²) in [5.74, 6) is -4.01. The van der Waals surface area contributed by atoms with Crippen LogP contribution in [-0.2, 0) is 30.0 Å². The number of primary amides is 1. The molecule has 0 aliphatic carbocycles. The first-order valence-electron chi connectivity index (χ1n) is 11.4. The third kappa shape index (κ3) is 5.78. The van der Waals surface area contributed by atoms with Crippen LogP contribution < -0.4 is 10.6 Å². The van der Waals surface area contributed by atoms with E-state index in [-0.39, 0.29) is 36.5 Å². The average Bonchev–Trinajstić information content (AvgIpc) is 3.20. The van der Waals surface area contributed by atoms with Crippen molar-refractivity contribution in [2.75, 3.05) is 11.4 Å². The highest BCUT2D eigenvalue weighted by molar-refractivity contribution is 5.76. The van der Waals surface area contributed by atoms with Crippen molar-refractivity contribution in [1.29, 1.82) is 0 Å². The number of carbonyl (C=O) groups excluding carboxylic acids is 1. The van der Waals surface area contributed by atoms with E-state index >= 15 is 4.39 Å². The zero-order valence-corrected chi connectivity index (χ0v) is 19.2. The Balaban J connectivity index is 1.52. The molecule has 35 heavy (non-hydrogen) atoms. The Hall–Kier alpha value is -3.49. The van der Waals surface area contributed by atoms with Gasteiger partial charge in [-0.3, -0.25) is 4.79 Å². The van der Waals surface area contributed by atoms with Crippen LogP contribution in [0.5, 0.6) is 0 Å². The Labute approximate surface area is 201 Å². The second-order valence-corrected chi connectivity index (χ2v) is 8.93. The standard InChI is InChI=1S/C26H26F4N4O/c1-26(29,30)19-9-7-18(8-10-19)22-13-20(27)14-34(22)25-24(28)21(32-15-33-25)11-6-16-2-4-17(5-3-16)12-23(31)35/h2-5,7-10,15,20,22H,6,11-14H2,1H3,(H2,31,35). The summed E-state index contributed by atoms with van der Waals surface area (Å²) in [6.45, 7) is 0.764. The third-order valence-corrected chi connectivity index (χ3v) is 6.22. The Kier molecular flexibility index (Phi) is 7.05. The van der Waals surface area contributed by atoms with Gasteiger partial charge in [0.25, 0.3) is 5.92 Å². The summed E-state index contributed by atoms with van der Waals surface area (Å²) in [5.41, 5.74) is 7.63. The van der Waals surface area contributed by atoms with Crippen molar-refractivity contribution in [2.45, 2.75) is 50.7 Å². The normalized spacial score (nSPS) is 18.1. The van der Waals surface area contributed by atoms with Gasteiger partial charge in [0, 0.05) is 18.9 Å². The lowest BCUT2D eigenvalue weighted by molar-refractivity contribution is -0.117. The second-order valence-electron chi connectivity index (χ2n) is 8.93. The lowest BCUT2D eigenvalue weighted by Gasteiger charge is -2.26. The van der Waals surface area contributed by atoms with E-state index in [1.807, 2.05) is 12.1 Å². The summed E-state index contributed by atoms with van der Waals surface area (Å²) in [4.78, 5) is 20.8.